The van der Waals surface area contributed by atoms with Crippen LogP contribution in [0.2, 0.25) is 0 Å². The molecule has 5 nitrogen and oxygen atoms in total. The molecule has 6 heteroatoms. The Bertz CT molecular complexity index is 527. The summed E-state index contributed by atoms with van der Waals surface area (Å²) in [6.45, 7) is 1.48. The van der Waals surface area contributed by atoms with E-state index in [9.17, 15) is 14.3 Å². The Labute approximate surface area is 135 Å². The van der Waals surface area contributed by atoms with E-state index in [1.54, 1.807) is 17.0 Å². The van der Waals surface area contributed by atoms with Gasteiger partial charge in [0.25, 0.3) is 0 Å². The predicted molar refractivity (Wildman–Crippen MR) is 83.5 cm³/mol. The van der Waals surface area contributed by atoms with E-state index in [1.165, 1.54) is 12.1 Å². The van der Waals surface area contributed by atoms with Crippen molar-refractivity contribution >= 4 is 6.03 Å². The molecule has 2 N–H and O–H groups in total. The van der Waals surface area contributed by atoms with Gasteiger partial charge in [-0.25, -0.2) is 9.18 Å². The third kappa shape index (κ3) is 4.42. The molecule has 1 heterocycles. The molecular formula is C17H23FN2O3. The van der Waals surface area contributed by atoms with Crippen molar-refractivity contribution in [3.63, 3.8) is 0 Å². The zero-order valence-corrected chi connectivity index (χ0v) is 13.1. The van der Waals surface area contributed by atoms with Crippen LogP contribution < -0.4 is 5.32 Å². The molecule has 1 saturated heterocycles. The fourth-order valence-corrected chi connectivity index (χ4v) is 2.87. The van der Waals surface area contributed by atoms with Crippen molar-refractivity contribution in [3.05, 3.63) is 35.6 Å². The lowest BCUT2D eigenvalue weighted by atomic mass is 10.1. The fraction of sp³-hybridized carbons (Fsp3) is 0.588. The van der Waals surface area contributed by atoms with Gasteiger partial charge in [0.1, 0.15) is 5.82 Å². The Morgan fingerprint density at radius 2 is 2.09 bits per heavy atom. The summed E-state index contributed by atoms with van der Waals surface area (Å²) in [7, 11) is 0. The zero-order valence-electron chi connectivity index (χ0n) is 13.1. The van der Waals surface area contributed by atoms with Crippen molar-refractivity contribution in [1.82, 2.24) is 10.2 Å². The minimum atomic E-state index is -0.815. The van der Waals surface area contributed by atoms with Gasteiger partial charge in [0.2, 0.25) is 0 Å². The summed E-state index contributed by atoms with van der Waals surface area (Å²) < 4.78 is 18.5. The molecule has 0 aromatic heterocycles. The van der Waals surface area contributed by atoms with E-state index in [0.717, 1.165) is 32.3 Å². The number of hydrogen-bond acceptors (Lipinski definition) is 3. The van der Waals surface area contributed by atoms with Gasteiger partial charge in [-0.2, -0.15) is 0 Å². The van der Waals surface area contributed by atoms with Crippen LogP contribution in [0.5, 0.6) is 0 Å². The second-order valence-electron chi connectivity index (χ2n) is 6.27. The van der Waals surface area contributed by atoms with Crippen LogP contribution in [0.15, 0.2) is 24.3 Å². The molecule has 1 aliphatic heterocycles. The molecule has 1 saturated carbocycles. The second-order valence-corrected chi connectivity index (χ2v) is 6.27. The number of urea groups is 1. The Morgan fingerprint density at radius 1 is 1.35 bits per heavy atom. The number of rotatable bonds is 6. The number of aliphatic hydroxyl groups excluding tert-OH is 1. The second kappa shape index (κ2) is 7.27. The molecule has 126 valence electrons. The van der Waals surface area contributed by atoms with Crippen molar-refractivity contribution < 1.29 is 19.0 Å². The van der Waals surface area contributed by atoms with Crippen molar-refractivity contribution in [3.8, 4) is 0 Å². The van der Waals surface area contributed by atoms with Gasteiger partial charge in [-0.1, -0.05) is 12.1 Å². The third-order valence-corrected chi connectivity index (χ3v) is 4.38. The Hall–Kier alpha value is -1.66. The van der Waals surface area contributed by atoms with E-state index in [1.807, 2.05) is 0 Å². The molecule has 2 amide bonds. The standard InChI is InChI=1S/C17H23FN2O3/c18-13-5-3-12(4-6-13)16(21)11-20(14-7-8-14)17(22)19-10-15-2-1-9-23-15/h3-6,14-16,21H,1-2,7-11H2,(H,19,22)/t15-,16-/m1/s1. The van der Waals surface area contributed by atoms with Gasteiger partial charge >= 0.3 is 6.03 Å². The Morgan fingerprint density at radius 3 is 2.70 bits per heavy atom. The molecule has 0 radical (unpaired) electrons. The first-order chi connectivity index (χ1) is 11.1. The highest BCUT2D eigenvalue weighted by atomic mass is 19.1. The van der Waals surface area contributed by atoms with Crippen LogP contribution in [0.3, 0.4) is 0 Å². The quantitative estimate of drug-likeness (QED) is 0.844. The van der Waals surface area contributed by atoms with E-state index in [-0.39, 0.29) is 30.5 Å². The lowest BCUT2D eigenvalue weighted by Crippen LogP contribution is -2.45. The molecule has 3 rings (SSSR count). The molecule has 23 heavy (non-hydrogen) atoms. The maximum Gasteiger partial charge on any atom is 0.317 e. The van der Waals surface area contributed by atoms with Gasteiger partial charge in [-0.3, -0.25) is 0 Å². The van der Waals surface area contributed by atoms with Crippen LogP contribution in [-0.4, -0.2) is 47.9 Å². The van der Waals surface area contributed by atoms with Crippen molar-refractivity contribution in [1.29, 1.82) is 0 Å². The summed E-state index contributed by atoms with van der Waals surface area (Å²) in [5.41, 5.74) is 0.615. The number of benzene rings is 1. The summed E-state index contributed by atoms with van der Waals surface area (Å²) >= 11 is 0. The van der Waals surface area contributed by atoms with Gasteiger partial charge in [0.05, 0.1) is 18.8 Å². The van der Waals surface area contributed by atoms with E-state index in [2.05, 4.69) is 5.32 Å². The predicted octanol–water partition coefficient (Wildman–Crippen LogP) is 2.21. The van der Waals surface area contributed by atoms with E-state index < -0.39 is 6.10 Å². The van der Waals surface area contributed by atoms with Gasteiger partial charge in [-0.15, -0.1) is 0 Å². The number of ether oxygens (including phenoxy) is 1. The number of nitrogens with one attached hydrogen (secondary N) is 1. The van der Waals surface area contributed by atoms with Gasteiger partial charge < -0.3 is 20.1 Å². The summed E-state index contributed by atoms with van der Waals surface area (Å²) in [6, 6.07) is 5.76. The van der Waals surface area contributed by atoms with Crippen LogP contribution >= 0.6 is 0 Å². The molecule has 0 unspecified atom stereocenters. The molecule has 1 aromatic carbocycles. The van der Waals surface area contributed by atoms with E-state index in [4.69, 9.17) is 4.74 Å². The molecule has 0 spiro atoms. The largest absolute Gasteiger partial charge is 0.387 e. The molecular weight excluding hydrogens is 299 g/mol. The molecule has 1 aliphatic carbocycles. The van der Waals surface area contributed by atoms with Crippen molar-refractivity contribution in [2.45, 2.75) is 43.9 Å². The SMILES string of the molecule is O=C(NC[C@H]1CCCO1)N(C[C@@H](O)c1ccc(F)cc1)C1CC1. The lowest BCUT2D eigenvalue weighted by Gasteiger charge is -2.26. The number of halogens is 1. The first-order valence-electron chi connectivity index (χ1n) is 8.23. The van der Waals surface area contributed by atoms with Crippen LogP contribution in [0.4, 0.5) is 9.18 Å². The van der Waals surface area contributed by atoms with Crippen molar-refractivity contribution in [2.24, 2.45) is 0 Å². The lowest BCUT2D eigenvalue weighted by molar-refractivity contribution is 0.100. The minimum Gasteiger partial charge on any atom is -0.387 e. The number of aliphatic hydroxyl groups is 1. The first kappa shape index (κ1) is 16.2. The average molecular weight is 322 g/mol. The summed E-state index contributed by atoms with van der Waals surface area (Å²) in [5.74, 6) is -0.339. The summed E-state index contributed by atoms with van der Waals surface area (Å²) in [5, 5.41) is 13.2. The number of nitrogens with zero attached hydrogens (tertiary/aromatic N) is 1. The van der Waals surface area contributed by atoms with E-state index in [0.29, 0.717) is 12.1 Å². The smallest absolute Gasteiger partial charge is 0.317 e. The van der Waals surface area contributed by atoms with E-state index >= 15 is 0 Å². The van der Waals surface area contributed by atoms with Gasteiger partial charge in [0.15, 0.2) is 0 Å². The number of amides is 2. The average Bonchev–Trinajstić information content (AvgIpc) is 3.26. The maximum atomic E-state index is 13.0. The number of carbonyl (C=O) groups excluding carboxylic acids is 1. The number of carbonyl (C=O) groups is 1. The summed E-state index contributed by atoms with van der Waals surface area (Å²) in [6.07, 6.45) is 3.22. The first-order valence-corrected chi connectivity index (χ1v) is 8.23. The minimum absolute atomic E-state index is 0.0991. The van der Waals surface area contributed by atoms with Gasteiger partial charge in [0, 0.05) is 19.2 Å². The van der Waals surface area contributed by atoms with Crippen LogP contribution in [0, 0.1) is 5.82 Å². The molecule has 0 bridgehead atoms. The summed E-state index contributed by atoms with van der Waals surface area (Å²) in [4.78, 5) is 14.1. The highest BCUT2D eigenvalue weighted by Gasteiger charge is 2.34. The molecule has 2 fully saturated rings. The molecule has 2 aliphatic rings. The Balaban J connectivity index is 1.55. The monoisotopic (exact) mass is 322 g/mol. The zero-order chi connectivity index (χ0) is 16.2. The highest BCUT2D eigenvalue weighted by molar-refractivity contribution is 5.75. The fourth-order valence-electron chi connectivity index (χ4n) is 2.87. The third-order valence-electron chi connectivity index (χ3n) is 4.38. The topological polar surface area (TPSA) is 61.8 Å². The normalized spacial score (nSPS) is 21.9. The molecule has 2 atom stereocenters. The number of hydrogen-bond donors (Lipinski definition) is 2. The molecule has 1 aromatic rings. The van der Waals surface area contributed by atoms with Gasteiger partial charge in [-0.05, 0) is 43.4 Å². The van der Waals surface area contributed by atoms with Crippen LogP contribution in [0.25, 0.3) is 0 Å². The Kier molecular flexibility index (Phi) is 5.13. The van der Waals surface area contributed by atoms with Crippen LogP contribution in [0.1, 0.15) is 37.4 Å². The highest BCUT2D eigenvalue weighted by Crippen LogP contribution is 2.29. The van der Waals surface area contributed by atoms with Crippen LogP contribution in [-0.2, 0) is 4.74 Å². The van der Waals surface area contributed by atoms with Crippen molar-refractivity contribution in [2.75, 3.05) is 19.7 Å². The maximum absolute atomic E-state index is 13.0.